The summed E-state index contributed by atoms with van der Waals surface area (Å²) >= 11 is 9.16. The molecule has 0 saturated heterocycles. The molecule has 1 heterocycles. The second kappa shape index (κ2) is 5.72. The summed E-state index contributed by atoms with van der Waals surface area (Å²) in [6, 6.07) is 4.88. The molecule has 0 unspecified atom stereocenters. The zero-order valence-electron chi connectivity index (χ0n) is 10.4. The lowest BCUT2D eigenvalue weighted by atomic mass is 10.3. The van der Waals surface area contributed by atoms with Crippen LogP contribution in [0.2, 0.25) is 5.02 Å². The number of H-pyrrole nitrogens is 1. The molecule has 0 aliphatic heterocycles. The highest BCUT2D eigenvalue weighted by Gasteiger charge is 2.24. The minimum Gasteiger partial charge on any atom is -0.326 e. The van der Waals surface area contributed by atoms with Gasteiger partial charge in [0.1, 0.15) is 0 Å². The molecule has 4 N–H and O–H groups in total. The van der Waals surface area contributed by atoms with Crippen molar-refractivity contribution in [2.75, 3.05) is 4.72 Å². The van der Waals surface area contributed by atoms with Gasteiger partial charge < -0.3 is 5.73 Å². The van der Waals surface area contributed by atoms with Gasteiger partial charge in [0, 0.05) is 17.8 Å². The minimum atomic E-state index is -3.84. The molecule has 2 aromatic rings. The van der Waals surface area contributed by atoms with Crippen LogP contribution in [-0.2, 0) is 16.6 Å². The van der Waals surface area contributed by atoms with Crippen molar-refractivity contribution >= 4 is 43.2 Å². The van der Waals surface area contributed by atoms with Crippen molar-refractivity contribution < 1.29 is 8.42 Å². The van der Waals surface area contributed by atoms with Gasteiger partial charge in [-0.1, -0.05) is 17.7 Å². The lowest BCUT2D eigenvalue weighted by molar-refractivity contribution is 0.596. The third-order valence-electron chi connectivity index (χ3n) is 2.69. The van der Waals surface area contributed by atoms with Crippen LogP contribution in [-0.4, -0.2) is 18.6 Å². The first kappa shape index (κ1) is 15.3. The van der Waals surface area contributed by atoms with Crippen LogP contribution in [0.15, 0.2) is 27.7 Å². The third kappa shape index (κ3) is 2.83. The topological polar surface area (TPSA) is 101 Å². The van der Waals surface area contributed by atoms with E-state index in [0.717, 1.165) is 0 Å². The van der Waals surface area contributed by atoms with Gasteiger partial charge in [0.25, 0.3) is 10.0 Å². The summed E-state index contributed by atoms with van der Waals surface area (Å²) < 4.78 is 27.6. The van der Waals surface area contributed by atoms with Crippen molar-refractivity contribution in [3.63, 3.8) is 0 Å². The van der Waals surface area contributed by atoms with Crippen molar-refractivity contribution in [1.29, 1.82) is 0 Å². The van der Waals surface area contributed by atoms with Crippen LogP contribution >= 0.6 is 27.5 Å². The summed E-state index contributed by atoms with van der Waals surface area (Å²) in [5, 5.41) is 6.72. The summed E-state index contributed by atoms with van der Waals surface area (Å²) in [7, 11) is -3.84. The number of nitrogens with two attached hydrogens (primary N) is 1. The van der Waals surface area contributed by atoms with E-state index in [4.69, 9.17) is 17.3 Å². The van der Waals surface area contributed by atoms with Gasteiger partial charge in [0.2, 0.25) is 5.03 Å². The second-order valence-corrected chi connectivity index (χ2v) is 6.84. The van der Waals surface area contributed by atoms with Crippen LogP contribution in [0.3, 0.4) is 0 Å². The molecular weight excluding hydrogens is 368 g/mol. The van der Waals surface area contributed by atoms with Gasteiger partial charge in [-0.3, -0.25) is 9.82 Å². The molecule has 0 radical (unpaired) electrons. The van der Waals surface area contributed by atoms with Gasteiger partial charge in [-0.15, -0.1) is 0 Å². The van der Waals surface area contributed by atoms with Gasteiger partial charge >= 0.3 is 0 Å². The molecule has 0 aliphatic carbocycles. The van der Waals surface area contributed by atoms with Gasteiger partial charge in [0.15, 0.2) is 0 Å². The van der Waals surface area contributed by atoms with Gasteiger partial charge in [-0.05, 0) is 35.0 Å². The Hall–Kier alpha value is -1.09. The van der Waals surface area contributed by atoms with Crippen LogP contribution in [0, 0.1) is 6.92 Å². The summed E-state index contributed by atoms with van der Waals surface area (Å²) in [5.41, 5.74) is 6.97. The number of nitrogens with one attached hydrogen (secondary N) is 2. The zero-order chi connectivity index (χ0) is 14.9. The first-order valence-corrected chi connectivity index (χ1v) is 8.23. The lowest BCUT2D eigenvalue weighted by Gasteiger charge is -2.09. The van der Waals surface area contributed by atoms with E-state index in [1.807, 2.05) is 0 Å². The number of sulfonamides is 1. The molecule has 20 heavy (non-hydrogen) atoms. The molecular formula is C11H12BrClN4O2S. The zero-order valence-corrected chi connectivity index (χ0v) is 13.6. The predicted molar refractivity (Wildman–Crippen MR) is 81.2 cm³/mol. The van der Waals surface area contributed by atoms with E-state index in [-0.39, 0.29) is 11.6 Å². The number of benzene rings is 1. The highest BCUT2D eigenvalue weighted by atomic mass is 79.9. The maximum absolute atomic E-state index is 12.3. The van der Waals surface area contributed by atoms with E-state index < -0.39 is 10.0 Å². The number of anilines is 1. The van der Waals surface area contributed by atoms with Crippen LogP contribution < -0.4 is 10.5 Å². The maximum Gasteiger partial charge on any atom is 0.281 e. The van der Waals surface area contributed by atoms with E-state index in [1.165, 1.54) is 0 Å². The Morgan fingerprint density at radius 3 is 2.85 bits per heavy atom. The number of aryl methyl sites for hydroxylation is 1. The number of rotatable bonds is 4. The molecule has 2 rings (SSSR count). The average molecular weight is 380 g/mol. The van der Waals surface area contributed by atoms with Gasteiger partial charge in [0.05, 0.1) is 15.2 Å². The fraction of sp³-hybridized carbons (Fsp3) is 0.182. The number of nitrogens with zero attached hydrogens (tertiary/aromatic N) is 1. The molecule has 0 fully saturated rings. The summed E-state index contributed by atoms with van der Waals surface area (Å²) in [5.74, 6) is 0. The van der Waals surface area contributed by atoms with Crippen molar-refractivity contribution in [3.05, 3.63) is 39.0 Å². The molecule has 0 atom stereocenters. The number of aromatic nitrogens is 2. The molecule has 108 valence electrons. The van der Waals surface area contributed by atoms with Crippen LogP contribution in [0.4, 0.5) is 5.69 Å². The van der Waals surface area contributed by atoms with E-state index in [9.17, 15) is 8.42 Å². The maximum atomic E-state index is 12.3. The molecule has 0 amide bonds. The predicted octanol–water partition coefficient (Wildman–Crippen LogP) is 2.39. The largest absolute Gasteiger partial charge is 0.326 e. The number of halogens is 2. The number of hydrogen-bond donors (Lipinski definition) is 3. The van der Waals surface area contributed by atoms with E-state index >= 15 is 0 Å². The Morgan fingerprint density at radius 1 is 1.50 bits per heavy atom. The first-order chi connectivity index (χ1) is 9.36. The Balaban J connectivity index is 2.44. The molecule has 0 spiro atoms. The van der Waals surface area contributed by atoms with Crippen molar-refractivity contribution in [1.82, 2.24) is 10.2 Å². The molecule has 1 aromatic heterocycles. The molecule has 6 nitrogen and oxygen atoms in total. The molecule has 9 heteroatoms. The lowest BCUT2D eigenvalue weighted by Crippen LogP contribution is -2.16. The molecule has 0 bridgehead atoms. The monoisotopic (exact) mass is 378 g/mol. The Morgan fingerprint density at radius 2 is 2.20 bits per heavy atom. The summed E-state index contributed by atoms with van der Waals surface area (Å²) in [6.45, 7) is 1.79. The fourth-order valence-corrected chi connectivity index (χ4v) is 3.62. The van der Waals surface area contributed by atoms with E-state index in [1.54, 1.807) is 25.1 Å². The number of hydrogen-bond acceptors (Lipinski definition) is 4. The van der Waals surface area contributed by atoms with Crippen molar-refractivity contribution in [3.8, 4) is 0 Å². The van der Waals surface area contributed by atoms with Gasteiger partial charge in [-0.2, -0.15) is 13.5 Å². The molecule has 0 saturated carbocycles. The Bertz CT molecular complexity index is 745. The molecule has 0 aliphatic rings. The fourth-order valence-electron chi connectivity index (χ4n) is 1.67. The number of aromatic amines is 1. The smallest absolute Gasteiger partial charge is 0.281 e. The van der Waals surface area contributed by atoms with E-state index in [2.05, 4.69) is 30.8 Å². The minimum absolute atomic E-state index is 0.0787. The highest BCUT2D eigenvalue weighted by molar-refractivity contribution is 9.10. The quantitative estimate of drug-likeness (QED) is 0.759. The third-order valence-corrected chi connectivity index (χ3v) is 5.42. The second-order valence-electron chi connectivity index (χ2n) is 4.04. The standard InChI is InChI=1S/C11H12BrClN4O2S/c1-6-7(5-14)11(16-15-6)20(18,19)17-9-4-2-3-8(13)10(9)12/h2-4,17H,5,14H2,1H3,(H,15,16). The Kier molecular flexibility index (Phi) is 4.38. The molecule has 1 aromatic carbocycles. The highest BCUT2D eigenvalue weighted by Crippen LogP contribution is 2.31. The van der Waals surface area contributed by atoms with Crippen molar-refractivity contribution in [2.45, 2.75) is 18.5 Å². The van der Waals surface area contributed by atoms with E-state index in [0.29, 0.717) is 26.4 Å². The van der Waals surface area contributed by atoms with Gasteiger partial charge in [-0.25, -0.2) is 0 Å². The summed E-state index contributed by atoms with van der Waals surface area (Å²) in [6.07, 6.45) is 0. The summed E-state index contributed by atoms with van der Waals surface area (Å²) in [4.78, 5) is 0. The Labute approximate surface area is 129 Å². The first-order valence-electron chi connectivity index (χ1n) is 5.57. The van der Waals surface area contributed by atoms with Crippen LogP contribution in [0.5, 0.6) is 0 Å². The van der Waals surface area contributed by atoms with Crippen molar-refractivity contribution in [2.24, 2.45) is 5.73 Å². The normalized spacial score (nSPS) is 11.6. The van der Waals surface area contributed by atoms with Crippen LogP contribution in [0.25, 0.3) is 0 Å². The van der Waals surface area contributed by atoms with Crippen LogP contribution in [0.1, 0.15) is 11.3 Å². The average Bonchev–Trinajstić information content (AvgIpc) is 2.76. The SMILES string of the molecule is Cc1[nH]nc(S(=O)(=O)Nc2cccc(Cl)c2Br)c1CN.